The maximum absolute atomic E-state index is 12.2. The molecule has 0 bridgehead atoms. The Kier molecular flexibility index (Phi) is 2.62. The Morgan fingerprint density at radius 3 is 2.72 bits per heavy atom. The number of aromatic amines is 1. The van der Waals surface area contributed by atoms with Gasteiger partial charge in [-0.05, 0) is 42.6 Å². The molecule has 18 heavy (non-hydrogen) atoms. The van der Waals surface area contributed by atoms with Crippen molar-refractivity contribution in [2.75, 3.05) is 0 Å². The maximum atomic E-state index is 12.2. The SMILES string of the molecule is Cc1cc(-n2[nH]c(C3CC3)c(Br)c2=O)nc(C)n1. The van der Waals surface area contributed by atoms with Gasteiger partial charge in [-0.25, -0.2) is 14.6 Å². The van der Waals surface area contributed by atoms with Crippen LogP contribution in [0.1, 0.15) is 36.0 Å². The van der Waals surface area contributed by atoms with Gasteiger partial charge in [0.25, 0.3) is 5.56 Å². The van der Waals surface area contributed by atoms with Gasteiger partial charge >= 0.3 is 0 Å². The molecule has 1 fully saturated rings. The molecule has 0 spiro atoms. The van der Waals surface area contributed by atoms with E-state index < -0.39 is 0 Å². The summed E-state index contributed by atoms with van der Waals surface area (Å²) < 4.78 is 2.11. The summed E-state index contributed by atoms with van der Waals surface area (Å²) in [7, 11) is 0. The predicted molar refractivity (Wildman–Crippen MR) is 71.1 cm³/mol. The first-order valence-corrected chi connectivity index (χ1v) is 6.68. The Balaban J connectivity index is 2.16. The number of H-pyrrole nitrogens is 1. The molecule has 0 aromatic carbocycles. The molecule has 1 aliphatic rings. The molecular formula is C12H13BrN4O. The number of aryl methyl sites for hydroxylation is 2. The van der Waals surface area contributed by atoms with Crippen LogP contribution in [0.3, 0.4) is 0 Å². The van der Waals surface area contributed by atoms with Gasteiger partial charge in [0.05, 0.1) is 5.69 Å². The van der Waals surface area contributed by atoms with Gasteiger partial charge in [-0.1, -0.05) is 0 Å². The molecule has 1 saturated carbocycles. The van der Waals surface area contributed by atoms with E-state index in [0.717, 1.165) is 24.2 Å². The van der Waals surface area contributed by atoms with Crippen molar-refractivity contribution in [2.45, 2.75) is 32.6 Å². The Morgan fingerprint density at radius 2 is 2.11 bits per heavy atom. The molecular weight excluding hydrogens is 296 g/mol. The van der Waals surface area contributed by atoms with Gasteiger partial charge in [0, 0.05) is 17.7 Å². The molecule has 0 saturated heterocycles. The van der Waals surface area contributed by atoms with Crippen LogP contribution in [-0.4, -0.2) is 19.7 Å². The minimum atomic E-state index is -0.0885. The van der Waals surface area contributed by atoms with Gasteiger partial charge in [-0.2, -0.15) is 0 Å². The van der Waals surface area contributed by atoms with Crippen LogP contribution in [0.25, 0.3) is 5.82 Å². The van der Waals surface area contributed by atoms with Crippen molar-refractivity contribution in [1.82, 2.24) is 19.7 Å². The average molecular weight is 309 g/mol. The third kappa shape index (κ3) is 1.90. The highest BCUT2D eigenvalue weighted by Gasteiger charge is 2.29. The van der Waals surface area contributed by atoms with Crippen LogP contribution in [0.5, 0.6) is 0 Å². The van der Waals surface area contributed by atoms with E-state index in [9.17, 15) is 4.79 Å². The molecule has 1 N–H and O–H groups in total. The highest BCUT2D eigenvalue weighted by Crippen LogP contribution is 2.41. The highest BCUT2D eigenvalue weighted by molar-refractivity contribution is 9.10. The first-order chi connectivity index (χ1) is 8.56. The number of nitrogens with one attached hydrogen (secondary N) is 1. The van der Waals surface area contributed by atoms with E-state index >= 15 is 0 Å². The number of hydrogen-bond donors (Lipinski definition) is 1. The number of hydrogen-bond acceptors (Lipinski definition) is 3. The molecule has 0 aliphatic heterocycles. The molecule has 0 amide bonds. The Bertz CT molecular complexity index is 649. The van der Waals surface area contributed by atoms with Crippen LogP contribution >= 0.6 is 15.9 Å². The summed E-state index contributed by atoms with van der Waals surface area (Å²) in [5.41, 5.74) is 1.74. The van der Waals surface area contributed by atoms with Gasteiger partial charge in [-0.3, -0.25) is 9.89 Å². The summed E-state index contributed by atoms with van der Waals surface area (Å²) in [5, 5.41) is 3.15. The van der Waals surface area contributed by atoms with Crippen LogP contribution in [0.2, 0.25) is 0 Å². The van der Waals surface area contributed by atoms with Gasteiger partial charge in [0.2, 0.25) is 0 Å². The third-order valence-electron chi connectivity index (χ3n) is 3.03. The zero-order valence-electron chi connectivity index (χ0n) is 10.2. The Hall–Kier alpha value is -1.43. The van der Waals surface area contributed by atoms with E-state index in [2.05, 4.69) is 31.0 Å². The van der Waals surface area contributed by atoms with E-state index in [0.29, 0.717) is 22.0 Å². The average Bonchev–Trinajstić information content (AvgIpc) is 3.07. The molecule has 3 rings (SSSR count). The van der Waals surface area contributed by atoms with Crippen LogP contribution in [-0.2, 0) is 0 Å². The molecule has 5 nitrogen and oxygen atoms in total. The number of halogens is 1. The summed E-state index contributed by atoms with van der Waals surface area (Å²) in [6.45, 7) is 3.71. The van der Waals surface area contributed by atoms with E-state index in [-0.39, 0.29) is 5.56 Å². The Morgan fingerprint density at radius 1 is 1.39 bits per heavy atom. The second-order valence-electron chi connectivity index (χ2n) is 4.67. The highest BCUT2D eigenvalue weighted by atomic mass is 79.9. The molecule has 2 aromatic rings. The van der Waals surface area contributed by atoms with Gasteiger partial charge in [0.1, 0.15) is 10.3 Å². The second kappa shape index (κ2) is 4.05. The molecule has 1 aliphatic carbocycles. The summed E-state index contributed by atoms with van der Waals surface area (Å²) >= 11 is 3.37. The molecule has 0 unspecified atom stereocenters. The lowest BCUT2D eigenvalue weighted by atomic mass is 10.3. The monoisotopic (exact) mass is 308 g/mol. The Labute approximate surface area is 112 Å². The zero-order valence-corrected chi connectivity index (χ0v) is 11.8. The fourth-order valence-corrected chi connectivity index (χ4v) is 2.64. The zero-order chi connectivity index (χ0) is 12.9. The summed E-state index contributed by atoms with van der Waals surface area (Å²) in [4.78, 5) is 20.7. The lowest BCUT2D eigenvalue weighted by Crippen LogP contribution is -2.17. The largest absolute Gasteiger partial charge is 0.292 e. The standard InChI is InChI=1S/C12H13BrN4O/c1-6-5-9(15-7(2)14-6)17-12(18)10(13)11(16-17)8-3-4-8/h5,8,16H,3-4H2,1-2H3. The van der Waals surface area contributed by atoms with Crippen molar-refractivity contribution in [3.05, 3.63) is 38.1 Å². The fourth-order valence-electron chi connectivity index (χ4n) is 2.05. The lowest BCUT2D eigenvalue weighted by Gasteiger charge is -2.03. The van der Waals surface area contributed by atoms with Crippen LogP contribution < -0.4 is 5.56 Å². The number of aromatic nitrogens is 4. The topological polar surface area (TPSA) is 63.6 Å². The van der Waals surface area contributed by atoms with Crippen molar-refractivity contribution in [3.63, 3.8) is 0 Å². The molecule has 0 radical (unpaired) electrons. The third-order valence-corrected chi connectivity index (χ3v) is 3.79. The summed E-state index contributed by atoms with van der Waals surface area (Å²) in [5.74, 6) is 1.74. The maximum Gasteiger partial charge on any atom is 0.287 e. The fraction of sp³-hybridized carbons (Fsp3) is 0.417. The van der Waals surface area contributed by atoms with Gasteiger partial charge in [-0.15, -0.1) is 0 Å². The van der Waals surface area contributed by atoms with Crippen molar-refractivity contribution in [1.29, 1.82) is 0 Å². The minimum Gasteiger partial charge on any atom is -0.292 e. The van der Waals surface area contributed by atoms with Crippen LogP contribution in [0.15, 0.2) is 15.3 Å². The van der Waals surface area contributed by atoms with E-state index in [1.807, 2.05) is 13.8 Å². The summed E-state index contributed by atoms with van der Waals surface area (Å²) in [6.07, 6.45) is 2.28. The van der Waals surface area contributed by atoms with Crippen molar-refractivity contribution in [2.24, 2.45) is 0 Å². The normalized spacial score (nSPS) is 15.1. The van der Waals surface area contributed by atoms with Crippen LogP contribution in [0, 0.1) is 13.8 Å². The summed E-state index contributed by atoms with van der Waals surface area (Å²) in [6, 6.07) is 1.80. The van der Waals surface area contributed by atoms with Gasteiger partial charge in [0.15, 0.2) is 5.82 Å². The van der Waals surface area contributed by atoms with E-state index in [1.165, 1.54) is 4.68 Å². The van der Waals surface area contributed by atoms with Crippen molar-refractivity contribution >= 4 is 15.9 Å². The molecule has 94 valence electrons. The molecule has 0 atom stereocenters. The van der Waals surface area contributed by atoms with Crippen molar-refractivity contribution in [3.8, 4) is 5.82 Å². The number of nitrogens with zero attached hydrogens (tertiary/aromatic N) is 3. The van der Waals surface area contributed by atoms with E-state index in [4.69, 9.17) is 0 Å². The van der Waals surface area contributed by atoms with Crippen LogP contribution in [0.4, 0.5) is 0 Å². The number of rotatable bonds is 2. The second-order valence-corrected chi connectivity index (χ2v) is 5.46. The smallest absolute Gasteiger partial charge is 0.287 e. The predicted octanol–water partition coefficient (Wildman–Crippen LogP) is 2.21. The molecule has 2 heterocycles. The molecule has 6 heteroatoms. The lowest BCUT2D eigenvalue weighted by molar-refractivity contribution is 0.777. The van der Waals surface area contributed by atoms with Crippen molar-refractivity contribution < 1.29 is 0 Å². The first kappa shape index (κ1) is 11.6. The van der Waals surface area contributed by atoms with Gasteiger partial charge < -0.3 is 0 Å². The quantitative estimate of drug-likeness (QED) is 0.925. The molecule has 2 aromatic heterocycles. The first-order valence-electron chi connectivity index (χ1n) is 5.89. The minimum absolute atomic E-state index is 0.0885. The van der Waals surface area contributed by atoms with E-state index in [1.54, 1.807) is 6.07 Å².